The topological polar surface area (TPSA) is 84.6 Å². The van der Waals surface area contributed by atoms with Gasteiger partial charge in [0, 0.05) is 6.61 Å². The molecule has 0 bridgehead atoms. The predicted molar refractivity (Wildman–Crippen MR) is 76.6 cm³/mol. The Labute approximate surface area is 113 Å². The van der Waals surface area contributed by atoms with Gasteiger partial charge in [0.15, 0.2) is 0 Å². The highest BCUT2D eigenvalue weighted by Crippen LogP contribution is 2.22. The van der Waals surface area contributed by atoms with Crippen LogP contribution in [-0.4, -0.2) is 30.3 Å². The second-order valence-electron chi connectivity index (χ2n) is 4.76. The lowest BCUT2D eigenvalue weighted by molar-refractivity contribution is 0.0697. The molecular weight excluding hydrogens is 244 g/mol. The van der Waals surface area contributed by atoms with Crippen molar-refractivity contribution in [2.75, 3.05) is 24.3 Å². The molecule has 4 N–H and O–H groups in total. The average Bonchev–Trinajstić information content (AvgIpc) is 2.35. The summed E-state index contributed by atoms with van der Waals surface area (Å²) in [6.45, 7) is 7.40. The van der Waals surface area contributed by atoms with E-state index in [-0.39, 0.29) is 11.6 Å². The molecule has 0 fully saturated rings. The van der Waals surface area contributed by atoms with Gasteiger partial charge in [-0.2, -0.15) is 0 Å². The highest BCUT2D eigenvalue weighted by atomic mass is 16.5. The first-order valence-corrected chi connectivity index (χ1v) is 6.42. The van der Waals surface area contributed by atoms with Crippen molar-refractivity contribution >= 4 is 17.3 Å². The van der Waals surface area contributed by atoms with E-state index in [0.717, 1.165) is 5.69 Å². The van der Waals surface area contributed by atoms with Gasteiger partial charge in [0.05, 0.1) is 29.6 Å². The van der Waals surface area contributed by atoms with Crippen LogP contribution in [0.2, 0.25) is 0 Å². The molecule has 106 valence electrons. The van der Waals surface area contributed by atoms with Crippen molar-refractivity contribution in [3.8, 4) is 0 Å². The maximum Gasteiger partial charge on any atom is 0.335 e. The number of ether oxygens (including phenoxy) is 1. The lowest BCUT2D eigenvalue weighted by Gasteiger charge is -2.24. The molecule has 0 saturated carbocycles. The van der Waals surface area contributed by atoms with E-state index in [4.69, 9.17) is 15.6 Å². The Morgan fingerprint density at radius 1 is 1.47 bits per heavy atom. The molecular formula is C14H22N2O3. The Bertz CT molecular complexity index is 433. The minimum atomic E-state index is -0.979. The van der Waals surface area contributed by atoms with E-state index in [1.807, 2.05) is 6.92 Å². The van der Waals surface area contributed by atoms with E-state index in [1.165, 1.54) is 6.07 Å². The third-order valence-corrected chi connectivity index (χ3v) is 2.95. The van der Waals surface area contributed by atoms with Gasteiger partial charge in [-0.15, -0.1) is 0 Å². The quantitative estimate of drug-likeness (QED) is 0.660. The number of anilines is 2. The number of rotatable bonds is 7. The van der Waals surface area contributed by atoms with Crippen LogP contribution in [0, 0.1) is 5.92 Å². The van der Waals surface area contributed by atoms with Crippen LogP contribution in [0.25, 0.3) is 0 Å². The van der Waals surface area contributed by atoms with E-state index in [0.29, 0.717) is 24.8 Å². The van der Waals surface area contributed by atoms with E-state index in [2.05, 4.69) is 19.2 Å². The second-order valence-corrected chi connectivity index (χ2v) is 4.76. The zero-order chi connectivity index (χ0) is 14.4. The fourth-order valence-corrected chi connectivity index (χ4v) is 1.67. The van der Waals surface area contributed by atoms with Crippen molar-refractivity contribution in [1.82, 2.24) is 0 Å². The van der Waals surface area contributed by atoms with Crippen molar-refractivity contribution in [2.45, 2.75) is 26.8 Å². The highest BCUT2D eigenvalue weighted by Gasteiger charge is 2.15. The number of hydrogen-bond donors (Lipinski definition) is 3. The van der Waals surface area contributed by atoms with Gasteiger partial charge in [0.25, 0.3) is 0 Å². The van der Waals surface area contributed by atoms with E-state index in [9.17, 15) is 4.79 Å². The van der Waals surface area contributed by atoms with Crippen LogP contribution < -0.4 is 11.1 Å². The van der Waals surface area contributed by atoms with Gasteiger partial charge in [-0.05, 0) is 31.0 Å². The van der Waals surface area contributed by atoms with Crippen LogP contribution in [0.3, 0.4) is 0 Å². The van der Waals surface area contributed by atoms with Crippen molar-refractivity contribution in [3.05, 3.63) is 23.8 Å². The van der Waals surface area contributed by atoms with Gasteiger partial charge in [-0.3, -0.25) is 0 Å². The summed E-state index contributed by atoms with van der Waals surface area (Å²) >= 11 is 0. The minimum Gasteiger partial charge on any atom is -0.478 e. The summed E-state index contributed by atoms with van der Waals surface area (Å²) in [5.74, 6) is -0.599. The van der Waals surface area contributed by atoms with Crippen LogP contribution in [0.1, 0.15) is 31.1 Å². The maximum atomic E-state index is 10.8. The zero-order valence-corrected chi connectivity index (χ0v) is 11.6. The maximum absolute atomic E-state index is 10.8. The first-order chi connectivity index (χ1) is 8.95. The number of carboxylic acid groups (broad SMARTS) is 1. The van der Waals surface area contributed by atoms with Gasteiger partial charge < -0.3 is 20.9 Å². The summed E-state index contributed by atoms with van der Waals surface area (Å²) in [6.07, 6.45) is 0. The van der Waals surface area contributed by atoms with Crippen molar-refractivity contribution in [1.29, 1.82) is 0 Å². The molecule has 5 nitrogen and oxygen atoms in total. The summed E-state index contributed by atoms with van der Waals surface area (Å²) in [6, 6.07) is 4.83. The van der Waals surface area contributed by atoms with Crippen LogP contribution >= 0.6 is 0 Å². The number of hydrogen-bond acceptors (Lipinski definition) is 4. The molecule has 0 spiro atoms. The molecule has 1 unspecified atom stereocenters. The second kappa shape index (κ2) is 6.99. The van der Waals surface area contributed by atoms with Gasteiger partial charge >= 0.3 is 5.97 Å². The minimum absolute atomic E-state index is 0.137. The van der Waals surface area contributed by atoms with Crippen LogP contribution in [0.15, 0.2) is 18.2 Å². The third-order valence-electron chi connectivity index (χ3n) is 2.95. The number of nitrogen functional groups attached to an aromatic ring is 1. The lowest BCUT2D eigenvalue weighted by atomic mass is 10.0. The van der Waals surface area contributed by atoms with Gasteiger partial charge in [0.2, 0.25) is 0 Å². The molecule has 1 rings (SSSR count). The Morgan fingerprint density at radius 3 is 2.63 bits per heavy atom. The molecule has 0 aliphatic rings. The fourth-order valence-electron chi connectivity index (χ4n) is 1.67. The largest absolute Gasteiger partial charge is 0.478 e. The Morgan fingerprint density at radius 2 is 2.16 bits per heavy atom. The van der Waals surface area contributed by atoms with E-state index in [1.54, 1.807) is 12.1 Å². The first kappa shape index (κ1) is 15.3. The van der Waals surface area contributed by atoms with Crippen LogP contribution in [0.5, 0.6) is 0 Å². The number of carboxylic acids is 1. The SMILES string of the molecule is CCOCC(Nc1ccc(C(=O)O)cc1N)C(C)C. The lowest BCUT2D eigenvalue weighted by Crippen LogP contribution is -2.31. The Balaban J connectivity index is 2.81. The van der Waals surface area contributed by atoms with Gasteiger partial charge in [-0.1, -0.05) is 13.8 Å². The molecule has 0 heterocycles. The molecule has 0 aromatic heterocycles. The van der Waals surface area contributed by atoms with Crippen LogP contribution in [0.4, 0.5) is 11.4 Å². The molecule has 19 heavy (non-hydrogen) atoms. The molecule has 0 saturated heterocycles. The predicted octanol–water partition coefficient (Wildman–Crippen LogP) is 2.44. The Kier molecular flexibility index (Phi) is 5.63. The van der Waals surface area contributed by atoms with E-state index >= 15 is 0 Å². The number of nitrogens with one attached hydrogen (secondary N) is 1. The molecule has 1 aromatic rings. The molecule has 5 heteroatoms. The standard InChI is InChI=1S/C14H22N2O3/c1-4-19-8-13(9(2)3)16-12-6-5-10(14(17)18)7-11(12)15/h5-7,9,13,16H,4,8,15H2,1-3H3,(H,17,18). The summed E-state index contributed by atoms with van der Waals surface area (Å²) < 4.78 is 5.43. The van der Waals surface area contributed by atoms with Crippen LogP contribution in [-0.2, 0) is 4.74 Å². The van der Waals surface area contributed by atoms with Crippen molar-refractivity contribution in [3.63, 3.8) is 0 Å². The smallest absolute Gasteiger partial charge is 0.335 e. The highest BCUT2D eigenvalue weighted by molar-refractivity contribution is 5.90. The average molecular weight is 266 g/mol. The molecule has 0 aliphatic heterocycles. The number of nitrogens with two attached hydrogens (primary N) is 1. The fraction of sp³-hybridized carbons (Fsp3) is 0.500. The van der Waals surface area contributed by atoms with Crippen molar-refractivity contribution in [2.24, 2.45) is 5.92 Å². The number of aromatic carboxylic acids is 1. The Hall–Kier alpha value is -1.75. The summed E-state index contributed by atoms with van der Waals surface area (Å²) in [5.41, 5.74) is 7.23. The number of carbonyl (C=O) groups is 1. The van der Waals surface area contributed by atoms with Crippen molar-refractivity contribution < 1.29 is 14.6 Å². The molecule has 1 aromatic carbocycles. The monoisotopic (exact) mass is 266 g/mol. The van der Waals surface area contributed by atoms with Gasteiger partial charge in [0.1, 0.15) is 0 Å². The summed E-state index contributed by atoms with van der Waals surface area (Å²) in [5, 5.41) is 12.2. The summed E-state index contributed by atoms with van der Waals surface area (Å²) in [4.78, 5) is 10.8. The normalized spacial score (nSPS) is 12.4. The van der Waals surface area contributed by atoms with Gasteiger partial charge in [-0.25, -0.2) is 4.79 Å². The third kappa shape index (κ3) is 4.44. The molecule has 0 amide bonds. The molecule has 0 aliphatic carbocycles. The van der Waals surface area contributed by atoms with E-state index < -0.39 is 5.97 Å². The molecule has 0 radical (unpaired) electrons. The summed E-state index contributed by atoms with van der Waals surface area (Å²) in [7, 11) is 0. The number of benzene rings is 1. The first-order valence-electron chi connectivity index (χ1n) is 6.42. The zero-order valence-electron chi connectivity index (χ0n) is 11.6. The molecule has 1 atom stereocenters.